The summed E-state index contributed by atoms with van der Waals surface area (Å²) in [5.41, 5.74) is 2.74. The zero-order chi connectivity index (χ0) is 74.5. The van der Waals surface area contributed by atoms with Gasteiger partial charge in [0.25, 0.3) is 0 Å². The van der Waals surface area contributed by atoms with E-state index in [0.29, 0.717) is 96.5 Å². The van der Waals surface area contributed by atoms with E-state index in [0.717, 1.165) is 49.9 Å². The van der Waals surface area contributed by atoms with Crippen molar-refractivity contribution in [2.24, 2.45) is 5.41 Å². The molecule has 1 unspecified atom stereocenters. The molecule has 39 nitrogen and oxygen atoms in total. The van der Waals surface area contributed by atoms with Crippen LogP contribution in [0.4, 0.5) is 0 Å². The lowest BCUT2D eigenvalue weighted by Crippen LogP contribution is -2.64. The molecule has 4 saturated heterocycles. The minimum absolute atomic E-state index is 0.00875. The Bertz CT molecular complexity index is 2930. The standard InChI is InChI=1S/C65H113N15O24/c1-5-65(3,4)54(76(32-45-36-77(71-69-45)13-8-6-10-17-97-55-27-47(86)59(89)50(38-81)101-55)33-46-37-80(74-70-46)16-19-95-22-25-99-57-29-49(88)61(91)52(40-83)103-57)11-7-9-12-75(30-43-34-78(72-67-43)14-18-94-21-24-98-56-28-48(87)60(90)51(39-82)102-56)31-44-35-79(73-68-44)15-20-96-23-26-100-64-58(66-42(2)85)63(93)62(92)53(41-84)104-64/h34-37,47-64,81-84,86-93H,5-33,38-41H2,1-4H3,(H,66,85)/t47-,48-,49-,50-,51-,52-,53-,54?,55-,56-,57-,58-,59-,60-,61-,62+,63-,64-/m1/s1. The molecule has 1 amide bonds. The Balaban J connectivity index is 0.885. The number of aryl methyl sites for hydroxylation is 1. The molecule has 4 fully saturated rings. The van der Waals surface area contributed by atoms with Crippen LogP contribution in [0.15, 0.2) is 24.8 Å². The summed E-state index contributed by atoms with van der Waals surface area (Å²) < 4.78 is 69.9. The molecule has 4 aromatic rings. The minimum Gasteiger partial charge on any atom is -0.394 e. The van der Waals surface area contributed by atoms with Crippen LogP contribution in [0.5, 0.6) is 0 Å². The van der Waals surface area contributed by atoms with Crippen LogP contribution in [0.25, 0.3) is 0 Å². The molecule has 4 aliphatic rings. The van der Waals surface area contributed by atoms with Crippen molar-refractivity contribution in [3.8, 4) is 0 Å². The van der Waals surface area contributed by atoms with Crippen molar-refractivity contribution in [3.05, 3.63) is 47.6 Å². The van der Waals surface area contributed by atoms with Crippen molar-refractivity contribution >= 4 is 5.91 Å². The number of rotatable bonds is 49. The quantitative estimate of drug-likeness (QED) is 0.0185. The van der Waals surface area contributed by atoms with Gasteiger partial charge in [-0.3, -0.25) is 19.3 Å². The molecule has 0 saturated carbocycles. The monoisotopic (exact) mass is 1490 g/mol. The molecule has 8 heterocycles. The SMILES string of the molecule is CCC(C)(C)C(CCCCN(Cc1cn(CCOCCO[C@H]2C[C@@H](O)[C@@H](O)[C@@H](CO)O2)nn1)Cc1cn(CCOCCO[C@@H]2O[C@H](CO)[C@H](O)[C@H](O)[C@H]2NC(C)=O)nn1)N(Cc1cn(CCCCCO[C@H]2C[C@@H](O)[C@@H](O)[C@@H](CO)O2)nn1)Cc1cn(CCOCCO[C@H]2C[C@@H](O)[C@@H](O)[C@@H](CO)O2)nn1. The maximum atomic E-state index is 11.9. The van der Waals surface area contributed by atoms with E-state index >= 15 is 0 Å². The maximum absolute atomic E-state index is 11.9. The van der Waals surface area contributed by atoms with Gasteiger partial charge in [-0.05, 0) is 50.5 Å². The molecule has 8 rings (SSSR count). The van der Waals surface area contributed by atoms with Gasteiger partial charge < -0.3 is 119 Å². The summed E-state index contributed by atoms with van der Waals surface area (Å²) in [5, 5.41) is 159. The van der Waals surface area contributed by atoms with Gasteiger partial charge in [-0.1, -0.05) is 48.0 Å². The van der Waals surface area contributed by atoms with E-state index in [1.54, 1.807) is 14.0 Å². The predicted molar refractivity (Wildman–Crippen MR) is 358 cm³/mol. The van der Waals surface area contributed by atoms with Gasteiger partial charge in [0.1, 0.15) is 61.0 Å². The summed E-state index contributed by atoms with van der Waals surface area (Å²) in [5.74, 6) is -0.465. The normalized spacial score (nSPS) is 28.1. The molecule has 18 atom stereocenters. The first-order chi connectivity index (χ1) is 50.2. The van der Waals surface area contributed by atoms with Crippen LogP contribution in [0.1, 0.15) is 115 Å². The summed E-state index contributed by atoms with van der Waals surface area (Å²) in [4.78, 5) is 16.5. The Morgan fingerprint density at radius 1 is 0.500 bits per heavy atom. The van der Waals surface area contributed by atoms with E-state index in [4.69, 9.17) is 52.1 Å². The number of aromatic nitrogens is 12. The van der Waals surface area contributed by atoms with Crippen LogP contribution in [0.3, 0.4) is 0 Å². The number of carbonyl (C=O) groups excluding carboxylic acids is 1. The van der Waals surface area contributed by atoms with Crippen molar-refractivity contribution in [1.82, 2.24) is 75.1 Å². The van der Waals surface area contributed by atoms with Gasteiger partial charge in [0.05, 0.1) is 147 Å². The molecule has 0 bridgehead atoms. The molecular weight excluding hydrogens is 1370 g/mol. The van der Waals surface area contributed by atoms with E-state index in [9.17, 15) is 66.1 Å². The van der Waals surface area contributed by atoms with E-state index in [-0.39, 0.29) is 77.0 Å². The highest BCUT2D eigenvalue weighted by atomic mass is 16.7. The van der Waals surface area contributed by atoms with Crippen molar-refractivity contribution in [2.45, 2.75) is 255 Å². The van der Waals surface area contributed by atoms with Crippen molar-refractivity contribution in [1.29, 1.82) is 0 Å². The molecule has 0 aromatic carbocycles. The lowest BCUT2D eigenvalue weighted by Gasteiger charge is -2.42. The Morgan fingerprint density at radius 3 is 1.33 bits per heavy atom. The van der Waals surface area contributed by atoms with Crippen LogP contribution in [-0.2, 0) is 109 Å². The fourth-order valence-corrected chi connectivity index (χ4v) is 12.8. The van der Waals surface area contributed by atoms with E-state index < -0.39 is 137 Å². The maximum Gasteiger partial charge on any atom is 0.217 e. The van der Waals surface area contributed by atoms with E-state index in [1.165, 1.54) is 6.92 Å². The second kappa shape index (κ2) is 43.9. The van der Waals surface area contributed by atoms with Crippen molar-refractivity contribution in [3.63, 3.8) is 0 Å². The van der Waals surface area contributed by atoms with Crippen LogP contribution in [-0.4, -0.2) is 346 Å². The molecule has 4 aliphatic heterocycles. The molecule has 0 radical (unpaired) electrons. The van der Waals surface area contributed by atoms with Crippen LogP contribution < -0.4 is 5.32 Å². The van der Waals surface area contributed by atoms with Gasteiger partial charge in [-0.15, -0.1) is 20.4 Å². The van der Waals surface area contributed by atoms with Gasteiger partial charge in [0.15, 0.2) is 25.2 Å². The fraction of sp³-hybridized carbons (Fsp3) is 0.862. The number of aliphatic hydroxyl groups is 12. The lowest BCUT2D eigenvalue weighted by atomic mass is 9.78. The molecule has 39 heteroatoms. The molecule has 13 N–H and O–H groups in total. The smallest absolute Gasteiger partial charge is 0.217 e. The Labute approximate surface area is 604 Å². The van der Waals surface area contributed by atoms with Crippen LogP contribution >= 0.6 is 0 Å². The fourth-order valence-electron chi connectivity index (χ4n) is 12.8. The molecule has 4 aromatic heterocycles. The Hall–Kier alpha value is -4.97. The number of amides is 1. The number of carbonyl (C=O) groups is 1. The number of aliphatic hydroxyl groups excluding tert-OH is 12. The highest BCUT2D eigenvalue weighted by Gasteiger charge is 2.46. The highest BCUT2D eigenvalue weighted by Crippen LogP contribution is 2.35. The Kier molecular flexibility index (Phi) is 35.7. The molecule has 592 valence electrons. The first kappa shape index (κ1) is 84.7. The molecule has 0 spiro atoms. The van der Waals surface area contributed by atoms with Crippen molar-refractivity contribution in [2.75, 3.05) is 99.0 Å². The summed E-state index contributed by atoms with van der Waals surface area (Å²) >= 11 is 0. The largest absolute Gasteiger partial charge is 0.394 e. The van der Waals surface area contributed by atoms with E-state index in [2.05, 4.69) is 77.1 Å². The number of nitrogens with zero attached hydrogens (tertiary/aromatic N) is 14. The first-order valence-electron chi connectivity index (χ1n) is 36.2. The average molecular weight is 1490 g/mol. The van der Waals surface area contributed by atoms with Crippen molar-refractivity contribution < 1.29 is 118 Å². The van der Waals surface area contributed by atoms with Gasteiger partial charge >= 0.3 is 0 Å². The summed E-state index contributed by atoms with van der Waals surface area (Å²) in [6, 6.07) is -1.07. The highest BCUT2D eigenvalue weighted by molar-refractivity contribution is 5.73. The summed E-state index contributed by atoms with van der Waals surface area (Å²) in [6.45, 7) is 12.3. The average Bonchev–Trinajstić information content (AvgIpc) is 1.23. The molecule has 0 aliphatic carbocycles. The Morgan fingerprint density at radius 2 is 0.904 bits per heavy atom. The zero-order valence-electron chi connectivity index (χ0n) is 60.1. The molecule has 104 heavy (non-hydrogen) atoms. The number of hydrogen-bond acceptors (Lipinski definition) is 34. The lowest BCUT2D eigenvalue weighted by molar-refractivity contribution is -0.272. The summed E-state index contributed by atoms with van der Waals surface area (Å²) in [6.07, 6.45) is -3.68. The first-order valence-corrected chi connectivity index (χ1v) is 36.2. The third-order valence-corrected chi connectivity index (χ3v) is 19.0. The van der Waals surface area contributed by atoms with Gasteiger partial charge in [-0.25, -0.2) is 14.0 Å². The van der Waals surface area contributed by atoms with Crippen LogP contribution in [0.2, 0.25) is 0 Å². The third-order valence-electron chi connectivity index (χ3n) is 19.0. The topological polar surface area (TPSA) is 503 Å². The van der Waals surface area contributed by atoms with Gasteiger partial charge in [-0.2, -0.15) is 0 Å². The second-order valence-corrected chi connectivity index (χ2v) is 27.4. The number of ether oxygens (including phenoxy) is 11. The third kappa shape index (κ3) is 26.7. The number of unbranched alkanes of at least 4 members (excludes halogenated alkanes) is 3. The number of hydrogen-bond donors (Lipinski definition) is 13. The molecular formula is C65H113N15O24. The summed E-state index contributed by atoms with van der Waals surface area (Å²) in [7, 11) is 0. The zero-order valence-corrected chi connectivity index (χ0v) is 60.1. The number of nitrogens with one attached hydrogen (secondary N) is 1. The predicted octanol–water partition coefficient (Wildman–Crippen LogP) is -4.55. The second-order valence-electron chi connectivity index (χ2n) is 27.4. The van der Waals surface area contributed by atoms with E-state index in [1.807, 2.05) is 29.5 Å². The van der Waals surface area contributed by atoms with Crippen LogP contribution in [0, 0.1) is 5.41 Å². The van der Waals surface area contributed by atoms with Gasteiger partial charge in [0.2, 0.25) is 5.91 Å². The van der Waals surface area contributed by atoms with Gasteiger partial charge in [0, 0.05) is 96.3 Å². The minimum atomic E-state index is -1.44.